The number of H-pyrrole nitrogens is 1. The van der Waals surface area contributed by atoms with Crippen LogP contribution in [0.4, 0.5) is 4.39 Å². The molecule has 0 bridgehead atoms. The maximum absolute atomic E-state index is 14.1. The minimum atomic E-state index is -0.341. The van der Waals surface area contributed by atoms with Gasteiger partial charge in [0.2, 0.25) is 0 Å². The lowest BCUT2D eigenvalue weighted by molar-refractivity contribution is 0.0660. The second-order valence-corrected chi connectivity index (χ2v) is 7.70. The molecular formula is C23H22FN3O2. The average molecular weight is 391 g/mol. The molecule has 1 N–H and O–H groups in total. The van der Waals surface area contributed by atoms with Crippen molar-refractivity contribution in [2.24, 2.45) is 0 Å². The van der Waals surface area contributed by atoms with Crippen molar-refractivity contribution in [1.82, 2.24) is 15.1 Å². The van der Waals surface area contributed by atoms with Gasteiger partial charge in [0.15, 0.2) is 0 Å². The number of amides is 1. The Morgan fingerprint density at radius 3 is 2.59 bits per heavy atom. The number of benzene rings is 2. The molecule has 1 amide bonds. The van der Waals surface area contributed by atoms with E-state index in [4.69, 9.17) is 4.74 Å². The topological polar surface area (TPSA) is 58.2 Å². The first-order valence-corrected chi connectivity index (χ1v) is 9.98. The molecule has 1 atom stereocenters. The van der Waals surface area contributed by atoms with Crippen LogP contribution in [0.3, 0.4) is 0 Å². The quantitative estimate of drug-likeness (QED) is 0.701. The molecule has 0 saturated heterocycles. The molecule has 5 nitrogen and oxygen atoms in total. The number of carbonyl (C=O) groups is 1. The first kappa shape index (κ1) is 17.9. The van der Waals surface area contributed by atoms with E-state index in [1.165, 1.54) is 12.1 Å². The van der Waals surface area contributed by atoms with Crippen LogP contribution in [0.25, 0.3) is 11.3 Å². The van der Waals surface area contributed by atoms with Crippen LogP contribution >= 0.6 is 0 Å². The van der Waals surface area contributed by atoms with Gasteiger partial charge in [-0.2, -0.15) is 5.10 Å². The van der Waals surface area contributed by atoms with E-state index in [-0.39, 0.29) is 23.8 Å². The summed E-state index contributed by atoms with van der Waals surface area (Å²) in [5, 5.41) is 7.43. The fourth-order valence-electron chi connectivity index (χ4n) is 4.70. The Morgan fingerprint density at radius 2 is 1.90 bits per heavy atom. The van der Waals surface area contributed by atoms with Crippen molar-refractivity contribution in [1.29, 1.82) is 0 Å². The average Bonchev–Trinajstić information content (AvgIpc) is 3.46. The van der Waals surface area contributed by atoms with Gasteiger partial charge < -0.3 is 9.64 Å². The Kier molecular flexibility index (Phi) is 4.34. The lowest BCUT2D eigenvalue weighted by Crippen LogP contribution is -2.37. The predicted molar refractivity (Wildman–Crippen MR) is 107 cm³/mol. The van der Waals surface area contributed by atoms with Gasteiger partial charge in [-0.05, 0) is 54.8 Å². The smallest absolute Gasteiger partial charge is 0.273 e. The number of ether oxygens (including phenoxy) is 1. The molecule has 5 rings (SSSR count). The van der Waals surface area contributed by atoms with Gasteiger partial charge in [-0.1, -0.05) is 25.0 Å². The highest BCUT2D eigenvalue weighted by Gasteiger charge is 2.45. The summed E-state index contributed by atoms with van der Waals surface area (Å²) in [6.45, 7) is 0. The van der Waals surface area contributed by atoms with Gasteiger partial charge in [0.25, 0.3) is 5.91 Å². The number of hydrogen-bond donors (Lipinski definition) is 1. The standard InChI is InChI=1S/C23H22FN3O2/c1-29-18-11-9-14(10-12-18)20-19-21(26-25-20)23(28)27(17-7-2-3-8-17)22(19)15-5-4-6-16(24)13-15/h4-6,9-13,17,22H,2-3,7-8H2,1H3,(H,25,26). The molecular weight excluding hydrogens is 369 g/mol. The second kappa shape index (κ2) is 7.03. The summed E-state index contributed by atoms with van der Waals surface area (Å²) in [5.74, 6) is 0.406. The first-order chi connectivity index (χ1) is 14.2. The van der Waals surface area contributed by atoms with Crippen LogP contribution in [0.2, 0.25) is 0 Å². The summed E-state index contributed by atoms with van der Waals surface area (Å²) in [7, 11) is 1.62. The number of carbonyl (C=O) groups excluding carboxylic acids is 1. The van der Waals surface area contributed by atoms with E-state index in [0.29, 0.717) is 5.69 Å². The minimum Gasteiger partial charge on any atom is -0.497 e. The van der Waals surface area contributed by atoms with Gasteiger partial charge in [-0.3, -0.25) is 9.89 Å². The molecule has 2 aliphatic rings. The summed E-state index contributed by atoms with van der Waals surface area (Å²) in [6, 6.07) is 14.0. The zero-order chi connectivity index (χ0) is 20.0. The molecule has 0 spiro atoms. The molecule has 6 heteroatoms. The fraction of sp³-hybridized carbons (Fsp3) is 0.304. The van der Waals surface area contributed by atoms with Crippen molar-refractivity contribution in [2.45, 2.75) is 37.8 Å². The van der Waals surface area contributed by atoms with Gasteiger partial charge in [-0.25, -0.2) is 4.39 Å². The highest BCUT2D eigenvalue weighted by Crippen LogP contribution is 2.46. The van der Waals surface area contributed by atoms with Crippen molar-refractivity contribution in [3.8, 4) is 17.0 Å². The number of nitrogens with zero attached hydrogens (tertiary/aromatic N) is 2. The maximum Gasteiger partial charge on any atom is 0.273 e. The van der Waals surface area contributed by atoms with Crippen LogP contribution in [0.1, 0.15) is 53.3 Å². The van der Waals surface area contributed by atoms with E-state index >= 15 is 0 Å². The van der Waals surface area contributed by atoms with Gasteiger partial charge in [-0.15, -0.1) is 0 Å². The van der Waals surface area contributed by atoms with Gasteiger partial charge >= 0.3 is 0 Å². The number of aromatic amines is 1. The number of fused-ring (bicyclic) bond motifs is 1. The Hall–Kier alpha value is -3.15. The van der Waals surface area contributed by atoms with Crippen molar-refractivity contribution in [3.63, 3.8) is 0 Å². The van der Waals surface area contributed by atoms with Gasteiger partial charge in [0, 0.05) is 17.2 Å². The number of methoxy groups -OCH3 is 1. The molecule has 1 saturated carbocycles. The van der Waals surface area contributed by atoms with E-state index in [1.807, 2.05) is 35.2 Å². The number of aromatic nitrogens is 2. The normalized spacial score (nSPS) is 19.0. The molecule has 1 aliphatic carbocycles. The van der Waals surface area contributed by atoms with Gasteiger partial charge in [0.1, 0.15) is 17.3 Å². The molecule has 2 aromatic carbocycles. The SMILES string of the molecule is COc1ccc(-c2n[nH]c3c2C(c2cccc(F)c2)N(C2CCCC2)C3=O)cc1. The highest BCUT2D eigenvalue weighted by molar-refractivity contribution is 6.00. The zero-order valence-corrected chi connectivity index (χ0v) is 16.2. The highest BCUT2D eigenvalue weighted by atomic mass is 19.1. The van der Waals surface area contributed by atoms with Crippen LogP contribution in [0.5, 0.6) is 5.75 Å². The molecule has 2 heterocycles. The molecule has 1 aliphatic heterocycles. The van der Waals surface area contributed by atoms with Crippen molar-refractivity contribution in [3.05, 3.63) is 71.2 Å². The van der Waals surface area contributed by atoms with Crippen LogP contribution in [0, 0.1) is 5.82 Å². The van der Waals surface area contributed by atoms with Gasteiger partial charge in [0.05, 0.1) is 18.8 Å². The van der Waals surface area contributed by atoms with Crippen molar-refractivity contribution >= 4 is 5.91 Å². The summed E-state index contributed by atoms with van der Waals surface area (Å²) in [6.07, 6.45) is 4.18. The number of halogens is 1. The van der Waals surface area contributed by atoms with E-state index < -0.39 is 0 Å². The van der Waals surface area contributed by atoms with Crippen LogP contribution < -0.4 is 4.74 Å². The largest absolute Gasteiger partial charge is 0.497 e. The Balaban J connectivity index is 1.66. The third-order valence-corrected chi connectivity index (χ3v) is 6.05. The zero-order valence-electron chi connectivity index (χ0n) is 16.2. The fourth-order valence-corrected chi connectivity index (χ4v) is 4.70. The summed E-state index contributed by atoms with van der Waals surface area (Å²) in [4.78, 5) is 15.3. The Bertz CT molecular complexity index is 1050. The van der Waals surface area contributed by atoms with Crippen LogP contribution in [-0.2, 0) is 0 Å². The number of rotatable bonds is 4. The number of hydrogen-bond acceptors (Lipinski definition) is 3. The van der Waals surface area contributed by atoms with Crippen molar-refractivity contribution in [2.75, 3.05) is 7.11 Å². The Labute approximate surface area is 168 Å². The monoisotopic (exact) mass is 391 g/mol. The minimum absolute atomic E-state index is 0.0478. The molecule has 1 fully saturated rings. The molecule has 1 aromatic heterocycles. The molecule has 3 aromatic rings. The van der Waals surface area contributed by atoms with E-state index in [0.717, 1.165) is 53.8 Å². The van der Waals surface area contributed by atoms with Crippen molar-refractivity contribution < 1.29 is 13.9 Å². The molecule has 0 radical (unpaired) electrons. The summed E-state index contributed by atoms with van der Waals surface area (Å²) < 4.78 is 19.3. The predicted octanol–water partition coefficient (Wildman–Crippen LogP) is 4.71. The second-order valence-electron chi connectivity index (χ2n) is 7.70. The lowest BCUT2D eigenvalue weighted by atomic mass is 9.95. The summed E-state index contributed by atoms with van der Waals surface area (Å²) in [5.41, 5.74) is 3.74. The lowest BCUT2D eigenvalue weighted by Gasteiger charge is -2.31. The third-order valence-electron chi connectivity index (χ3n) is 6.05. The molecule has 29 heavy (non-hydrogen) atoms. The van der Waals surface area contributed by atoms with E-state index in [9.17, 15) is 9.18 Å². The number of nitrogens with one attached hydrogen (secondary N) is 1. The summed E-state index contributed by atoms with van der Waals surface area (Å²) >= 11 is 0. The van der Waals surface area contributed by atoms with E-state index in [1.54, 1.807) is 13.2 Å². The maximum atomic E-state index is 14.1. The van der Waals surface area contributed by atoms with Crippen LogP contribution in [0.15, 0.2) is 48.5 Å². The Morgan fingerprint density at radius 1 is 1.14 bits per heavy atom. The molecule has 148 valence electrons. The molecule has 1 unspecified atom stereocenters. The first-order valence-electron chi connectivity index (χ1n) is 9.98. The van der Waals surface area contributed by atoms with Crippen LogP contribution in [-0.4, -0.2) is 34.2 Å². The third kappa shape index (κ3) is 2.90. The van der Waals surface area contributed by atoms with E-state index in [2.05, 4.69) is 10.2 Å².